The number of ether oxygens (including phenoxy) is 1. The van der Waals surface area contributed by atoms with E-state index in [0.717, 1.165) is 5.69 Å². The summed E-state index contributed by atoms with van der Waals surface area (Å²) in [6, 6.07) is 13.7. The van der Waals surface area contributed by atoms with Crippen molar-refractivity contribution in [1.29, 1.82) is 0 Å². The predicted octanol–water partition coefficient (Wildman–Crippen LogP) is 1.62. The maximum atomic E-state index is 14.4. The lowest BCUT2D eigenvalue weighted by molar-refractivity contribution is -0.104. The zero-order chi connectivity index (χ0) is 20.2. The Bertz CT molecular complexity index is 1040. The Morgan fingerprint density at radius 1 is 1.10 bits per heavy atom. The number of morpholine rings is 1. The number of halogens is 1. The van der Waals surface area contributed by atoms with Gasteiger partial charge in [-0.2, -0.15) is 4.98 Å². The smallest absolute Gasteiger partial charge is 0.228 e. The van der Waals surface area contributed by atoms with E-state index in [4.69, 9.17) is 15.9 Å². The molecule has 2 aromatic carbocycles. The zero-order valence-electron chi connectivity index (χ0n) is 15.8. The molecule has 8 heteroatoms. The first-order valence-corrected chi connectivity index (χ1v) is 9.32. The number of nitrogens with one attached hydrogen (secondary N) is 1. The van der Waals surface area contributed by atoms with Gasteiger partial charge in [-0.15, -0.1) is 0 Å². The van der Waals surface area contributed by atoms with Gasteiger partial charge in [0.1, 0.15) is 11.6 Å². The Labute approximate surface area is 167 Å². The van der Waals surface area contributed by atoms with E-state index in [1.807, 2.05) is 17.0 Å². The van der Waals surface area contributed by atoms with Gasteiger partial charge in [0, 0.05) is 36.1 Å². The summed E-state index contributed by atoms with van der Waals surface area (Å²) >= 11 is 0. The summed E-state index contributed by atoms with van der Waals surface area (Å²) < 4.78 is 19.8. The quantitative estimate of drug-likeness (QED) is 0.450. The molecule has 0 radical (unpaired) electrons. The highest BCUT2D eigenvalue weighted by molar-refractivity contribution is 5.85. The maximum absolute atomic E-state index is 14.4. The van der Waals surface area contributed by atoms with Crippen LogP contribution < -0.4 is 21.4 Å². The van der Waals surface area contributed by atoms with Crippen LogP contribution in [-0.2, 0) is 4.74 Å². The van der Waals surface area contributed by atoms with E-state index < -0.39 is 0 Å². The van der Waals surface area contributed by atoms with Crippen molar-refractivity contribution in [2.24, 2.45) is 0 Å². The van der Waals surface area contributed by atoms with Crippen LogP contribution in [0.2, 0.25) is 0 Å². The average molecular weight is 393 g/mol. The van der Waals surface area contributed by atoms with E-state index in [2.05, 4.69) is 15.3 Å². The standard InChI is InChI=1S/C21H21FN6O/c22-17-4-2-1-3-16(17)19-12-20(25-15-5-6-18(24)14(11-15)13-23)27-21(26-19)28-7-9-29-10-8-28/h1-6,11-13,23H,7-10,24H2,(H,25,26,27)/p+1. The Morgan fingerprint density at radius 2 is 1.90 bits per heavy atom. The lowest BCUT2D eigenvalue weighted by Crippen LogP contribution is -2.37. The highest BCUT2D eigenvalue weighted by Gasteiger charge is 2.17. The molecule has 0 aliphatic carbocycles. The third-order valence-corrected chi connectivity index (χ3v) is 4.70. The lowest BCUT2D eigenvalue weighted by Gasteiger charge is -2.27. The SMILES string of the molecule is Nc1ccc(Nc2cc(-c3ccccc3F)nc(N3CCOCC3)n2)cc1C=[NH2+]. The van der Waals surface area contributed by atoms with Crippen LogP contribution in [0.1, 0.15) is 5.56 Å². The molecule has 0 amide bonds. The molecule has 0 unspecified atom stereocenters. The molecule has 29 heavy (non-hydrogen) atoms. The van der Waals surface area contributed by atoms with Crippen LogP contribution in [0.25, 0.3) is 11.3 Å². The van der Waals surface area contributed by atoms with E-state index in [0.29, 0.717) is 60.6 Å². The summed E-state index contributed by atoms with van der Waals surface area (Å²) in [7, 11) is 0. The van der Waals surface area contributed by atoms with Crippen LogP contribution in [-0.4, -0.2) is 42.5 Å². The summed E-state index contributed by atoms with van der Waals surface area (Å²) in [6.45, 7) is 2.55. The Morgan fingerprint density at radius 3 is 2.66 bits per heavy atom. The third-order valence-electron chi connectivity index (χ3n) is 4.70. The zero-order valence-corrected chi connectivity index (χ0v) is 15.8. The molecule has 1 fully saturated rings. The Balaban J connectivity index is 1.75. The van der Waals surface area contributed by atoms with Crippen LogP contribution in [0.3, 0.4) is 0 Å². The molecule has 0 bridgehead atoms. The van der Waals surface area contributed by atoms with Gasteiger partial charge in [0.25, 0.3) is 0 Å². The van der Waals surface area contributed by atoms with Crippen LogP contribution in [0, 0.1) is 5.82 Å². The normalized spacial score (nSPS) is 13.9. The van der Waals surface area contributed by atoms with Gasteiger partial charge in [-0.05, 0) is 30.3 Å². The number of nitrogen functional groups attached to an aromatic ring is 1. The van der Waals surface area contributed by atoms with E-state index in [9.17, 15) is 4.39 Å². The van der Waals surface area contributed by atoms with Crippen LogP contribution in [0.5, 0.6) is 0 Å². The van der Waals surface area contributed by atoms with Crippen molar-refractivity contribution in [3.8, 4) is 11.3 Å². The van der Waals surface area contributed by atoms with Crippen molar-refractivity contribution < 1.29 is 14.5 Å². The van der Waals surface area contributed by atoms with Crippen LogP contribution in [0.15, 0.2) is 48.5 Å². The maximum Gasteiger partial charge on any atom is 0.228 e. The van der Waals surface area contributed by atoms with Gasteiger partial charge in [0.15, 0.2) is 6.21 Å². The number of nitrogens with two attached hydrogens (primary N) is 2. The second-order valence-corrected chi connectivity index (χ2v) is 6.65. The predicted molar refractivity (Wildman–Crippen MR) is 112 cm³/mol. The molecule has 2 heterocycles. The van der Waals surface area contributed by atoms with Gasteiger partial charge in [-0.1, -0.05) is 12.1 Å². The summed E-state index contributed by atoms with van der Waals surface area (Å²) in [6.07, 6.45) is 1.45. The largest absolute Gasteiger partial charge is 0.398 e. The number of hydrogen-bond donors (Lipinski definition) is 3. The highest BCUT2D eigenvalue weighted by atomic mass is 19.1. The average Bonchev–Trinajstić information content (AvgIpc) is 2.76. The molecule has 148 valence electrons. The Hall–Kier alpha value is -3.52. The first kappa shape index (κ1) is 18.8. The number of benzene rings is 2. The first-order valence-electron chi connectivity index (χ1n) is 9.32. The molecular formula is C21H22FN6O+. The van der Waals surface area contributed by atoms with Crippen LogP contribution in [0.4, 0.5) is 27.5 Å². The molecule has 1 aromatic heterocycles. The summed E-state index contributed by atoms with van der Waals surface area (Å²) in [4.78, 5) is 11.3. The summed E-state index contributed by atoms with van der Waals surface area (Å²) in [5.41, 5.74) is 8.89. The van der Waals surface area contributed by atoms with E-state index in [-0.39, 0.29) is 5.82 Å². The molecule has 0 spiro atoms. The molecule has 1 aliphatic heterocycles. The first-order chi connectivity index (χ1) is 14.1. The minimum Gasteiger partial charge on any atom is -0.398 e. The van der Waals surface area contributed by atoms with E-state index >= 15 is 0 Å². The monoisotopic (exact) mass is 393 g/mol. The second kappa shape index (κ2) is 8.24. The lowest BCUT2D eigenvalue weighted by atomic mass is 10.1. The number of anilines is 4. The number of aromatic nitrogens is 2. The van der Waals surface area contributed by atoms with Gasteiger partial charge in [0.05, 0.1) is 24.5 Å². The fraction of sp³-hybridized carbons (Fsp3) is 0.190. The molecule has 5 N–H and O–H groups in total. The van der Waals surface area contributed by atoms with Crippen molar-refractivity contribution in [2.45, 2.75) is 0 Å². The molecule has 0 atom stereocenters. The van der Waals surface area contributed by atoms with Crippen molar-refractivity contribution in [3.63, 3.8) is 0 Å². The van der Waals surface area contributed by atoms with Gasteiger partial charge < -0.3 is 20.7 Å². The fourth-order valence-electron chi connectivity index (χ4n) is 3.15. The number of hydrogen-bond acceptors (Lipinski definition) is 6. The fourth-order valence-corrected chi connectivity index (χ4v) is 3.15. The topological polar surface area (TPSA) is 102 Å². The molecule has 7 nitrogen and oxygen atoms in total. The van der Waals surface area contributed by atoms with Crippen molar-refractivity contribution in [3.05, 3.63) is 59.9 Å². The van der Waals surface area contributed by atoms with E-state index in [1.165, 1.54) is 12.3 Å². The van der Waals surface area contributed by atoms with Gasteiger partial charge in [0.2, 0.25) is 5.95 Å². The van der Waals surface area contributed by atoms with Crippen molar-refractivity contribution in [2.75, 3.05) is 42.3 Å². The minimum atomic E-state index is -0.336. The molecule has 1 aliphatic rings. The Kier molecular flexibility index (Phi) is 5.35. The molecular weight excluding hydrogens is 371 g/mol. The minimum absolute atomic E-state index is 0.336. The third kappa shape index (κ3) is 4.17. The molecule has 1 saturated heterocycles. The van der Waals surface area contributed by atoms with E-state index in [1.54, 1.807) is 30.3 Å². The summed E-state index contributed by atoms with van der Waals surface area (Å²) in [5, 5.41) is 8.89. The van der Waals surface area contributed by atoms with Crippen molar-refractivity contribution >= 4 is 29.4 Å². The second-order valence-electron chi connectivity index (χ2n) is 6.65. The summed E-state index contributed by atoms with van der Waals surface area (Å²) in [5.74, 6) is 0.739. The molecule has 0 saturated carbocycles. The van der Waals surface area contributed by atoms with Gasteiger partial charge >= 0.3 is 0 Å². The van der Waals surface area contributed by atoms with Crippen LogP contribution >= 0.6 is 0 Å². The molecule has 4 rings (SSSR count). The molecule has 3 aromatic rings. The van der Waals surface area contributed by atoms with Crippen molar-refractivity contribution in [1.82, 2.24) is 9.97 Å². The number of rotatable bonds is 5. The van der Waals surface area contributed by atoms with Gasteiger partial charge in [-0.25, -0.2) is 9.37 Å². The van der Waals surface area contributed by atoms with Gasteiger partial charge in [-0.3, -0.25) is 5.41 Å². The number of nitrogens with zero attached hydrogens (tertiary/aromatic N) is 3. The highest BCUT2D eigenvalue weighted by Crippen LogP contribution is 2.27.